The topological polar surface area (TPSA) is 62.6 Å². The molecule has 0 fully saturated rings. The average molecular weight is 399 g/mol. The minimum Gasteiger partial charge on any atom is -0.461 e. The van der Waals surface area contributed by atoms with Gasteiger partial charge < -0.3 is 14.6 Å². The molecule has 0 aliphatic heterocycles. The molecule has 146 valence electrons. The molecule has 1 aromatic heterocycles. The fraction of sp³-hybridized carbons (Fsp3) is 0.273. The molecular weight excluding hydrogens is 376 g/mol. The van der Waals surface area contributed by atoms with Crippen molar-refractivity contribution < 1.29 is 14.0 Å². The third-order valence-electron chi connectivity index (χ3n) is 4.71. The number of hydrogen-bond acceptors (Lipinski definition) is 3. The number of furan rings is 1. The molecule has 0 bridgehead atoms. The smallest absolute Gasteiger partial charge is 0.253 e. The Balaban J connectivity index is 1.72. The van der Waals surface area contributed by atoms with E-state index in [-0.39, 0.29) is 11.8 Å². The molecule has 2 aromatic carbocycles. The standard InChI is InChI=1S/C22H23ClN2O3/c1-4-19-17(15-9-6-8-12-20(15)28-19)13-25(3)22(27)14(2)24-21(26)16-10-5-7-11-18(16)23/h5-12,14H,4,13H2,1-3H3,(H,24,26)/t14-/m0/s1. The zero-order chi connectivity index (χ0) is 20.3. The first-order valence-corrected chi connectivity index (χ1v) is 9.59. The predicted molar refractivity (Wildman–Crippen MR) is 110 cm³/mol. The van der Waals surface area contributed by atoms with Crippen LogP contribution in [0.1, 0.15) is 35.5 Å². The summed E-state index contributed by atoms with van der Waals surface area (Å²) in [7, 11) is 1.72. The molecule has 0 radical (unpaired) electrons. The third kappa shape index (κ3) is 4.04. The van der Waals surface area contributed by atoms with Crippen molar-refractivity contribution in [1.82, 2.24) is 10.2 Å². The fourth-order valence-electron chi connectivity index (χ4n) is 3.24. The van der Waals surface area contributed by atoms with Gasteiger partial charge in [0.15, 0.2) is 0 Å². The average Bonchev–Trinajstić information content (AvgIpc) is 3.05. The fourth-order valence-corrected chi connectivity index (χ4v) is 3.46. The summed E-state index contributed by atoms with van der Waals surface area (Å²) < 4.78 is 5.90. The summed E-state index contributed by atoms with van der Waals surface area (Å²) in [5, 5.41) is 4.08. The van der Waals surface area contributed by atoms with Crippen molar-refractivity contribution in [2.45, 2.75) is 32.9 Å². The minimum absolute atomic E-state index is 0.187. The maximum Gasteiger partial charge on any atom is 0.253 e. The summed E-state index contributed by atoms with van der Waals surface area (Å²) in [6.07, 6.45) is 0.741. The van der Waals surface area contributed by atoms with Gasteiger partial charge in [-0.3, -0.25) is 9.59 Å². The van der Waals surface area contributed by atoms with E-state index in [4.69, 9.17) is 16.0 Å². The number of fused-ring (bicyclic) bond motifs is 1. The predicted octanol–water partition coefficient (Wildman–Crippen LogP) is 4.43. The summed E-state index contributed by atoms with van der Waals surface area (Å²) in [5.74, 6) is 0.309. The van der Waals surface area contributed by atoms with Crippen LogP contribution in [0, 0.1) is 0 Å². The van der Waals surface area contributed by atoms with Crippen molar-refractivity contribution in [2.24, 2.45) is 0 Å². The second-order valence-electron chi connectivity index (χ2n) is 6.72. The number of nitrogens with zero attached hydrogens (tertiary/aromatic N) is 1. The molecular formula is C22H23ClN2O3. The van der Waals surface area contributed by atoms with Crippen molar-refractivity contribution in [3.05, 3.63) is 70.4 Å². The lowest BCUT2D eigenvalue weighted by Crippen LogP contribution is -2.45. The summed E-state index contributed by atoms with van der Waals surface area (Å²) >= 11 is 6.06. The van der Waals surface area contributed by atoms with Gasteiger partial charge in [-0.2, -0.15) is 0 Å². The lowest BCUT2D eigenvalue weighted by Gasteiger charge is -2.22. The SMILES string of the molecule is CCc1oc2ccccc2c1CN(C)C(=O)[C@H](C)NC(=O)c1ccccc1Cl. The van der Waals surface area contributed by atoms with Gasteiger partial charge in [0.2, 0.25) is 5.91 Å². The molecule has 3 aromatic rings. The van der Waals surface area contributed by atoms with Crippen molar-refractivity contribution >= 4 is 34.4 Å². The number of likely N-dealkylation sites (N-methyl/N-ethyl adjacent to an activating group) is 1. The van der Waals surface area contributed by atoms with Crippen LogP contribution < -0.4 is 5.32 Å². The van der Waals surface area contributed by atoms with Gasteiger partial charge in [0.05, 0.1) is 10.6 Å². The van der Waals surface area contributed by atoms with Crippen molar-refractivity contribution in [2.75, 3.05) is 7.05 Å². The molecule has 5 nitrogen and oxygen atoms in total. The molecule has 0 unspecified atom stereocenters. The minimum atomic E-state index is -0.683. The summed E-state index contributed by atoms with van der Waals surface area (Å²) in [6.45, 7) is 4.10. The summed E-state index contributed by atoms with van der Waals surface area (Å²) in [6, 6.07) is 13.9. The molecule has 0 aliphatic carbocycles. The molecule has 0 saturated heterocycles. The van der Waals surface area contributed by atoms with Gasteiger partial charge in [-0.25, -0.2) is 0 Å². The summed E-state index contributed by atoms with van der Waals surface area (Å²) in [4.78, 5) is 26.8. The van der Waals surface area contributed by atoms with Crippen LogP contribution in [0.15, 0.2) is 52.9 Å². The molecule has 1 atom stereocenters. The van der Waals surface area contributed by atoms with Crippen LogP contribution in [0.2, 0.25) is 5.02 Å². The van der Waals surface area contributed by atoms with Crippen LogP contribution in [-0.4, -0.2) is 29.8 Å². The molecule has 0 spiro atoms. The van der Waals surface area contributed by atoms with E-state index in [9.17, 15) is 9.59 Å². The number of carbonyl (C=O) groups is 2. The molecule has 1 N–H and O–H groups in total. The zero-order valence-electron chi connectivity index (χ0n) is 16.2. The van der Waals surface area contributed by atoms with Gasteiger partial charge in [0.1, 0.15) is 17.4 Å². The first-order valence-electron chi connectivity index (χ1n) is 9.22. The van der Waals surface area contributed by atoms with Crippen LogP contribution in [-0.2, 0) is 17.8 Å². The molecule has 0 aliphatic rings. The van der Waals surface area contributed by atoms with Crippen LogP contribution in [0.3, 0.4) is 0 Å². The lowest BCUT2D eigenvalue weighted by molar-refractivity contribution is -0.132. The highest BCUT2D eigenvalue weighted by molar-refractivity contribution is 6.33. The quantitative estimate of drug-likeness (QED) is 0.668. The third-order valence-corrected chi connectivity index (χ3v) is 5.04. The monoisotopic (exact) mass is 398 g/mol. The molecule has 3 rings (SSSR count). The molecule has 28 heavy (non-hydrogen) atoms. The number of nitrogens with one attached hydrogen (secondary N) is 1. The second-order valence-corrected chi connectivity index (χ2v) is 7.13. The summed E-state index contributed by atoms with van der Waals surface area (Å²) in [5.41, 5.74) is 2.16. The van der Waals surface area contributed by atoms with E-state index < -0.39 is 6.04 Å². The van der Waals surface area contributed by atoms with E-state index in [0.717, 1.165) is 28.7 Å². The van der Waals surface area contributed by atoms with E-state index in [2.05, 4.69) is 5.32 Å². The molecule has 1 heterocycles. The Kier molecular flexibility index (Phi) is 6.05. The Labute approximate surface area is 169 Å². The Hall–Kier alpha value is -2.79. The van der Waals surface area contributed by atoms with E-state index in [1.807, 2.05) is 31.2 Å². The zero-order valence-corrected chi connectivity index (χ0v) is 16.9. The number of rotatable bonds is 6. The highest BCUT2D eigenvalue weighted by atomic mass is 35.5. The number of para-hydroxylation sites is 1. The van der Waals surface area contributed by atoms with Crippen molar-refractivity contribution in [3.63, 3.8) is 0 Å². The van der Waals surface area contributed by atoms with Crippen LogP contribution in [0.25, 0.3) is 11.0 Å². The molecule has 6 heteroatoms. The Morgan fingerprint density at radius 3 is 2.54 bits per heavy atom. The Morgan fingerprint density at radius 2 is 1.82 bits per heavy atom. The van der Waals surface area contributed by atoms with Crippen LogP contribution >= 0.6 is 11.6 Å². The van der Waals surface area contributed by atoms with E-state index >= 15 is 0 Å². The largest absolute Gasteiger partial charge is 0.461 e. The number of benzene rings is 2. The Morgan fingerprint density at radius 1 is 1.14 bits per heavy atom. The van der Waals surface area contributed by atoms with Gasteiger partial charge in [-0.1, -0.05) is 48.9 Å². The maximum atomic E-state index is 12.8. The normalized spacial score (nSPS) is 12.0. The number of aryl methyl sites for hydroxylation is 1. The molecule has 0 saturated carbocycles. The number of carbonyl (C=O) groups excluding carboxylic acids is 2. The van der Waals surface area contributed by atoms with E-state index in [0.29, 0.717) is 17.1 Å². The maximum absolute atomic E-state index is 12.8. The Bertz CT molecular complexity index is 1010. The van der Waals surface area contributed by atoms with Gasteiger partial charge in [-0.05, 0) is 25.1 Å². The van der Waals surface area contributed by atoms with E-state index in [1.165, 1.54) is 0 Å². The highest BCUT2D eigenvalue weighted by Crippen LogP contribution is 2.27. The highest BCUT2D eigenvalue weighted by Gasteiger charge is 2.23. The van der Waals surface area contributed by atoms with E-state index in [1.54, 1.807) is 43.1 Å². The second kappa shape index (κ2) is 8.48. The van der Waals surface area contributed by atoms with Gasteiger partial charge in [0, 0.05) is 31.0 Å². The van der Waals surface area contributed by atoms with Crippen molar-refractivity contribution in [1.29, 1.82) is 0 Å². The number of amides is 2. The number of halogens is 1. The first-order chi connectivity index (χ1) is 13.4. The van der Waals surface area contributed by atoms with Gasteiger partial charge in [0.25, 0.3) is 5.91 Å². The van der Waals surface area contributed by atoms with Crippen LogP contribution in [0.5, 0.6) is 0 Å². The number of hydrogen-bond donors (Lipinski definition) is 1. The van der Waals surface area contributed by atoms with Gasteiger partial charge >= 0.3 is 0 Å². The molecule has 2 amide bonds. The van der Waals surface area contributed by atoms with Crippen molar-refractivity contribution in [3.8, 4) is 0 Å². The van der Waals surface area contributed by atoms with Crippen LogP contribution in [0.4, 0.5) is 0 Å². The lowest BCUT2D eigenvalue weighted by atomic mass is 10.1. The van der Waals surface area contributed by atoms with Gasteiger partial charge in [-0.15, -0.1) is 0 Å². The first kappa shape index (κ1) is 20.0.